The van der Waals surface area contributed by atoms with Crippen LogP contribution in [-0.2, 0) is 106 Å². The van der Waals surface area contributed by atoms with Crippen molar-refractivity contribution in [2.75, 3.05) is 0 Å². The van der Waals surface area contributed by atoms with E-state index in [0.717, 1.165) is 91.3 Å². The monoisotopic (exact) mass is 1700 g/mol. The van der Waals surface area contributed by atoms with Gasteiger partial charge in [0.05, 0.1) is 147 Å². The van der Waals surface area contributed by atoms with Crippen molar-refractivity contribution in [2.24, 2.45) is 0 Å². The lowest BCUT2D eigenvalue weighted by Crippen LogP contribution is -2.08. The van der Waals surface area contributed by atoms with Crippen LogP contribution in [0.2, 0.25) is 25.1 Å². The van der Waals surface area contributed by atoms with Crippen LogP contribution in [0.4, 0.5) is 23.2 Å². The first kappa shape index (κ1) is 91.5. The van der Waals surface area contributed by atoms with Gasteiger partial charge in [0.15, 0.2) is 23.3 Å². The molecule has 0 aliphatic rings. The van der Waals surface area contributed by atoms with Crippen LogP contribution in [0.15, 0.2) is 167 Å². The van der Waals surface area contributed by atoms with Crippen molar-refractivity contribution in [2.45, 2.75) is 106 Å². The zero-order valence-corrected chi connectivity index (χ0v) is 62.9. The van der Waals surface area contributed by atoms with Gasteiger partial charge in [0.2, 0.25) is 0 Å². The predicted molar refractivity (Wildman–Crippen MR) is 406 cm³/mol. The Morgan fingerprint density at radius 3 is 0.792 bits per heavy atom. The van der Waals surface area contributed by atoms with E-state index in [2.05, 4.69) is 31.9 Å². The number of nitrogens with zero attached hydrogens (tertiary/aromatic N) is 1. The topological polar surface area (TPSA) is 367 Å². The van der Waals surface area contributed by atoms with Gasteiger partial charge in [-0.2, -0.15) is 0 Å². The molecule has 0 aromatic heterocycles. The second-order valence-electron chi connectivity index (χ2n) is 21.9. The summed E-state index contributed by atoms with van der Waals surface area (Å²) in [6.07, 6.45) is 0. The maximum absolute atomic E-state index is 12.8. The molecule has 0 bridgehead atoms. The second kappa shape index (κ2) is 47.1. The third kappa shape index (κ3) is 24.6. The third-order valence-electron chi connectivity index (χ3n) is 15.6. The summed E-state index contributed by atoms with van der Waals surface area (Å²) in [4.78, 5) is 9.88. The van der Waals surface area contributed by atoms with Crippen molar-refractivity contribution < 1.29 is 104 Å². The standard InChI is InChI=1S/C16H14O2.C12H12O2.C8H8Br2O2.C8H6Cl4O2.C8H9ClO2.C8H6F4O2.C8H9NO4.C8H10O2/c17-9-15-11-5-1-2-6-12(11)16(10-18)14-8-4-3-7-13(14)15;13-7-9-5-6-10(8-14)12-4-2-1-3-11(9)12;9-7-1-5(3-11)8(10)2-6(7)4-12;9-5-3(1-13)6(10)8(12)4(2-14)7(5)11;9-8-3-6(4-10)1-2-7(8)5-11;9-5-3(1-13)6(10)8(12)4(2-14)7(5)11;10-4-6-1-2-7(5-11)8(3-6)9(12)13;9-5-7-1-2-8(6-10)4-3-7/h1-8,17-18H,9-10H2;1-6,13-14H,7-8H2;1-2,11-12H,3-4H2;13-14H,1-2H2;1-3,10-11H,4-5H2;13-14H,1-2H2;1-3,10-11H,4-5H2;1-4,9-10H,5-6H2. The molecule has 0 spiro atoms. The molecule has 0 radical (unpaired) electrons. The van der Waals surface area contributed by atoms with Gasteiger partial charge in [0.25, 0.3) is 5.69 Å². The van der Waals surface area contributed by atoms with E-state index in [4.69, 9.17) is 129 Å². The van der Waals surface area contributed by atoms with Gasteiger partial charge >= 0.3 is 0 Å². The molecule has 11 aromatic carbocycles. The number of benzene rings is 11. The number of hydrogen-bond acceptors (Lipinski definition) is 18. The minimum Gasteiger partial charge on any atom is -0.392 e. The Labute approximate surface area is 647 Å². The zero-order chi connectivity index (χ0) is 78.9. The largest absolute Gasteiger partial charge is 0.392 e. The van der Waals surface area contributed by atoms with E-state index in [1.807, 2.05) is 84.9 Å². The van der Waals surface area contributed by atoms with Gasteiger partial charge < -0.3 is 81.7 Å². The number of fused-ring (bicyclic) bond motifs is 3. The summed E-state index contributed by atoms with van der Waals surface area (Å²) in [5.41, 5.74) is 7.37. The molecule has 106 heavy (non-hydrogen) atoms. The van der Waals surface area contributed by atoms with Crippen molar-refractivity contribution in [1.82, 2.24) is 0 Å². The smallest absolute Gasteiger partial charge is 0.275 e. The van der Waals surface area contributed by atoms with E-state index < -0.39 is 52.5 Å². The molecule has 0 atom stereocenters. The molecule has 16 N–H and O–H groups in total. The molecule has 0 unspecified atom stereocenters. The lowest BCUT2D eigenvalue weighted by Gasteiger charge is -2.14. The van der Waals surface area contributed by atoms with Crippen molar-refractivity contribution in [3.05, 3.63) is 314 Å². The molecule has 0 aliphatic heterocycles. The van der Waals surface area contributed by atoms with E-state index in [-0.39, 0.29) is 135 Å². The SMILES string of the molecule is O=[N+]([O-])c1cc(CO)ccc1CO.OCc1c(Cl)c(Cl)c(CO)c(Cl)c1Cl.OCc1c(F)c(F)c(CO)c(F)c1F.OCc1c2ccccc2c(CO)c2ccccc12.OCc1cc(Br)c(CO)cc1Br.OCc1ccc(CO)c(Cl)c1.OCc1ccc(CO)c2ccccc12.OCc1ccc(CO)cc1. The number of hydrogen-bond donors (Lipinski definition) is 16. The summed E-state index contributed by atoms with van der Waals surface area (Å²) >= 11 is 35.6. The third-order valence-corrected chi connectivity index (χ3v) is 19.2. The van der Waals surface area contributed by atoms with E-state index >= 15 is 0 Å². The number of aliphatic hydroxyl groups is 16. The molecule has 19 nitrogen and oxygen atoms in total. The van der Waals surface area contributed by atoms with Crippen molar-refractivity contribution in [1.29, 1.82) is 0 Å². The quantitative estimate of drug-likeness (QED) is 0.0132. The average molecular weight is 1700 g/mol. The fourth-order valence-electron chi connectivity index (χ4n) is 9.80. The number of nitro groups is 1. The maximum Gasteiger partial charge on any atom is 0.275 e. The van der Waals surface area contributed by atoms with Gasteiger partial charge in [-0.05, 0) is 118 Å². The minimum absolute atomic E-state index is 0.00668. The molecule has 11 aromatic rings. The van der Waals surface area contributed by atoms with Crippen LogP contribution in [-0.4, -0.2) is 86.6 Å². The second-order valence-corrected chi connectivity index (χ2v) is 25.6. The number of rotatable bonds is 17. The highest BCUT2D eigenvalue weighted by Crippen LogP contribution is 2.41. The lowest BCUT2D eigenvalue weighted by molar-refractivity contribution is -0.385. The van der Waals surface area contributed by atoms with Gasteiger partial charge in [-0.25, -0.2) is 17.6 Å². The summed E-state index contributed by atoms with van der Waals surface area (Å²) in [6.45, 7) is -3.55. The Kier molecular flexibility index (Phi) is 40.7. The molecule has 11 rings (SSSR count). The fourth-order valence-corrected chi connectivity index (χ4v) is 12.3. The summed E-state index contributed by atoms with van der Waals surface area (Å²) in [7, 11) is 0. The lowest BCUT2D eigenvalue weighted by atomic mass is 9.92. The molecule has 0 saturated carbocycles. The van der Waals surface area contributed by atoms with Crippen LogP contribution in [0.1, 0.15) is 89.0 Å². The highest BCUT2D eigenvalue weighted by molar-refractivity contribution is 9.11. The van der Waals surface area contributed by atoms with Crippen LogP contribution < -0.4 is 0 Å². The van der Waals surface area contributed by atoms with Gasteiger partial charge in [0, 0.05) is 31.2 Å². The Morgan fingerprint density at radius 1 is 0.283 bits per heavy atom. The van der Waals surface area contributed by atoms with E-state index in [0.29, 0.717) is 16.1 Å². The Hall–Kier alpha value is -6.91. The molecule has 0 amide bonds. The van der Waals surface area contributed by atoms with Crippen LogP contribution >= 0.6 is 89.9 Å². The first-order chi connectivity index (χ1) is 50.8. The Morgan fingerprint density at radius 2 is 0.538 bits per heavy atom. The molecule has 0 heterocycles. The van der Waals surface area contributed by atoms with Crippen LogP contribution in [0.5, 0.6) is 0 Å². The van der Waals surface area contributed by atoms with Gasteiger partial charge in [-0.1, -0.05) is 217 Å². The van der Waals surface area contributed by atoms with Gasteiger partial charge in [-0.3, -0.25) is 10.1 Å². The molecule has 30 heteroatoms. The summed E-state index contributed by atoms with van der Waals surface area (Å²) in [5.74, 6) is -6.74. The number of aliphatic hydroxyl groups excluding tert-OH is 16. The Bertz CT molecular complexity index is 4280. The van der Waals surface area contributed by atoms with Gasteiger partial charge in [-0.15, -0.1) is 0 Å². The highest BCUT2D eigenvalue weighted by atomic mass is 79.9. The number of nitro benzene ring substituents is 1. The summed E-state index contributed by atoms with van der Waals surface area (Å²) < 4.78 is 53.0. The molecule has 0 aliphatic carbocycles. The first-order valence-electron chi connectivity index (χ1n) is 31.2. The average Bonchev–Trinajstić information content (AvgIpc) is 0.762. The zero-order valence-electron chi connectivity index (χ0n) is 55.9. The normalized spacial score (nSPS) is 10.5. The molecule has 568 valence electrons. The molecule has 0 fully saturated rings. The van der Waals surface area contributed by atoms with Crippen molar-refractivity contribution in [3.8, 4) is 0 Å². The number of halogens is 11. The maximum atomic E-state index is 12.8. The van der Waals surface area contributed by atoms with Crippen molar-refractivity contribution in [3.63, 3.8) is 0 Å². The highest BCUT2D eigenvalue weighted by Gasteiger charge is 2.25. The summed E-state index contributed by atoms with van der Waals surface area (Å²) in [6, 6.07) is 47.4. The molecular weight excluding hydrogens is 1630 g/mol. The van der Waals surface area contributed by atoms with E-state index in [1.54, 1.807) is 60.7 Å². The fraction of sp³-hybridized carbons (Fsp3) is 0.211. The Balaban J connectivity index is 0.000000258. The molecular formula is C76H74Br2Cl5F4NO18. The van der Waals surface area contributed by atoms with Crippen LogP contribution in [0.25, 0.3) is 32.3 Å². The predicted octanol–water partition coefficient (Wildman–Crippen LogP) is 14.1. The van der Waals surface area contributed by atoms with E-state index in [1.165, 1.54) is 12.1 Å². The van der Waals surface area contributed by atoms with Crippen LogP contribution in [0.3, 0.4) is 0 Å². The molecule has 0 saturated heterocycles. The van der Waals surface area contributed by atoms with E-state index in [9.17, 15) is 37.9 Å². The van der Waals surface area contributed by atoms with Gasteiger partial charge in [0.1, 0.15) is 0 Å². The first-order valence-corrected chi connectivity index (χ1v) is 34.7. The van der Waals surface area contributed by atoms with Crippen molar-refractivity contribution >= 4 is 128 Å². The minimum atomic E-state index is -1.68. The van der Waals surface area contributed by atoms with Crippen LogP contribution in [0, 0.1) is 33.4 Å². The summed E-state index contributed by atoms with van der Waals surface area (Å²) in [5, 5.41) is 160.